The van der Waals surface area contributed by atoms with Crippen molar-refractivity contribution in [2.45, 2.75) is 45.2 Å². The molecule has 1 fully saturated rings. The van der Waals surface area contributed by atoms with Crippen molar-refractivity contribution in [3.63, 3.8) is 0 Å². The molecule has 0 spiro atoms. The smallest absolute Gasteiger partial charge is 0.317 e. The molecule has 1 saturated heterocycles. The summed E-state index contributed by atoms with van der Waals surface area (Å²) in [5, 5.41) is 2.98. The van der Waals surface area contributed by atoms with Gasteiger partial charge < -0.3 is 15.0 Å². The van der Waals surface area contributed by atoms with E-state index in [4.69, 9.17) is 4.74 Å². The number of nitrogens with one attached hydrogen (secondary N) is 1. The molecule has 0 aromatic carbocycles. The zero-order chi connectivity index (χ0) is 11.3. The molecule has 1 N–H and O–H groups in total. The summed E-state index contributed by atoms with van der Waals surface area (Å²) in [6, 6.07) is 0.526. The van der Waals surface area contributed by atoms with Crippen LogP contribution in [0.25, 0.3) is 0 Å². The number of hydrogen-bond donors (Lipinski definition) is 1. The topological polar surface area (TPSA) is 41.6 Å². The Morgan fingerprint density at radius 3 is 2.93 bits per heavy atom. The molecule has 15 heavy (non-hydrogen) atoms. The third kappa shape index (κ3) is 3.70. The van der Waals surface area contributed by atoms with Crippen LogP contribution in [0.4, 0.5) is 4.79 Å². The summed E-state index contributed by atoms with van der Waals surface area (Å²) in [6.45, 7) is 5.63. The van der Waals surface area contributed by atoms with Crippen LogP contribution < -0.4 is 5.32 Å². The van der Waals surface area contributed by atoms with Crippen LogP contribution in [0.1, 0.15) is 33.1 Å². The standard InChI is InChI=1S/C11H22N2O2/c1-4-5-9(2)13(3)11(14)12-10-6-7-15-8-10/h9-10H,4-8H2,1-3H3,(H,12,14). The monoisotopic (exact) mass is 214 g/mol. The molecule has 1 rings (SSSR count). The van der Waals surface area contributed by atoms with Gasteiger partial charge in [0.05, 0.1) is 12.6 Å². The van der Waals surface area contributed by atoms with Gasteiger partial charge in [0.15, 0.2) is 0 Å². The van der Waals surface area contributed by atoms with Gasteiger partial charge in [0, 0.05) is 19.7 Å². The van der Waals surface area contributed by atoms with Gasteiger partial charge in [0.25, 0.3) is 0 Å². The van der Waals surface area contributed by atoms with E-state index in [9.17, 15) is 4.79 Å². The molecule has 0 aromatic rings. The van der Waals surface area contributed by atoms with E-state index in [2.05, 4.69) is 19.2 Å². The highest BCUT2D eigenvalue weighted by atomic mass is 16.5. The van der Waals surface area contributed by atoms with E-state index in [1.54, 1.807) is 4.90 Å². The van der Waals surface area contributed by atoms with E-state index in [1.165, 1.54) is 0 Å². The van der Waals surface area contributed by atoms with Gasteiger partial charge in [0.2, 0.25) is 0 Å². The first-order valence-electron chi connectivity index (χ1n) is 5.76. The van der Waals surface area contributed by atoms with E-state index in [0.29, 0.717) is 12.6 Å². The first kappa shape index (κ1) is 12.3. The van der Waals surface area contributed by atoms with Gasteiger partial charge in [-0.25, -0.2) is 4.79 Å². The molecular formula is C11H22N2O2. The molecule has 1 aliphatic rings. The number of carbonyl (C=O) groups is 1. The maximum atomic E-state index is 11.8. The highest BCUT2D eigenvalue weighted by Gasteiger charge is 2.21. The van der Waals surface area contributed by atoms with Crippen molar-refractivity contribution in [3.05, 3.63) is 0 Å². The zero-order valence-electron chi connectivity index (χ0n) is 9.95. The van der Waals surface area contributed by atoms with Crippen molar-refractivity contribution < 1.29 is 9.53 Å². The van der Waals surface area contributed by atoms with E-state index in [-0.39, 0.29) is 12.1 Å². The summed E-state index contributed by atoms with van der Waals surface area (Å²) in [5.74, 6) is 0. The molecule has 4 heteroatoms. The summed E-state index contributed by atoms with van der Waals surface area (Å²) < 4.78 is 5.21. The summed E-state index contributed by atoms with van der Waals surface area (Å²) >= 11 is 0. The van der Waals surface area contributed by atoms with Crippen LogP contribution in [0.15, 0.2) is 0 Å². The molecule has 0 aromatic heterocycles. The largest absolute Gasteiger partial charge is 0.379 e. The predicted molar refractivity (Wildman–Crippen MR) is 59.9 cm³/mol. The third-order valence-corrected chi connectivity index (χ3v) is 2.95. The fourth-order valence-corrected chi connectivity index (χ4v) is 1.74. The van der Waals surface area contributed by atoms with Crippen LogP contribution in [0.2, 0.25) is 0 Å². The van der Waals surface area contributed by atoms with Gasteiger partial charge in [-0.05, 0) is 19.8 Å². The van der Waals surface area contributed by atoms with Gasteiger partial charge in [-0.2, -0.15) is 0 Å². The van der Waals surface area contributed by atoms with E-state index >= 15 is 0 Å². The van der Waals surface area contributed by atoms with E-state index in [1.807, 2.05) is 7.05 Å². The molecule has 2 amide bonds. The first-order chi connectivity index (χ1) is 7.15. The maximum absolute atomic E-state index is 11.8. The molecule has 2 atom stereocenters. The van der Waals surface area contributed by atoms with Crippen molar-refractivity contribution in [1.29, 1.82) is 0 Å². The SMILES string of the molecule is CCCC(C)N(C)C(=O)NC1CCOC1. The van der Waals surface area contributed by atoms with Crippen molar-refractivity contribution in [2.24, 2.45) is 0 Å². The fraction of sp³-hybridized carbons (Fsp3) is 0.909. The van der Waals surface area contributed by atoms with Gasteiger partial charge in [-0.3, -0.25) is 0 Å². The van der Waals surface area contributed by atoms with Crippen LogP contribution in [-0.4, -0.2) is 43.3 Å². The summed E-state index contributed by atoms with van der Waals surface area (Å²) in [7, 11) is 1.85. The number of ether oxygens (including phenoxy) is 1. The van der Waals surface area contributed by atoms with Crippen LogP contribution in [0.3, 0.4) is 0 Å². The Morgan fingerprint density at radius 1 is 1.67 bits per heavy atom. The second kappa shape index (κ2) is 5.95. The van der Waals surface area contributed by atoms with Crippen molar-refractivity contribution in [3.8, 4) is 0 Å². The lowest BCUT2D eigenvalue weighted by Crippen LogP contribution is -2.46. The number of nitrogens with zero attached hydrogens (tertiary/aromatic N) is 1. The molecule has 1 heterocycles. The van der Waals surface area contributed by atoms with Gasteiger partial charge >= 0.3 is 6.03 Å². The maximum Gasteiger partial charge on any atom is 0.317 e. The summed E-state index contributed by atoms with van der Waals surface area (Å²) in [6.07, 6.45) is 3.08. The minimum atomic E-state index is 0.0199. The van der Waals surface area contributed by atoms with Crippen LogP contribution in [-0.2, 0) is 4.74 Å². The fourth-order valence-electron chi connectivity index (χ4n) is 1.74. The lowest BCUT2D eigenvalue weighted by molar-refractivity contribution is 0.174. The Morgan fingerprint density at radius 2 is 2.40 bits per heavy atom. The molecule has 0 bridgehead atoms. The molecule has 0 aliphatic carbocycles. The van der Waals surface area contributed by atoms with Crippen LogP contribution >= 0.6 is 0 Å². The summed E-state index contributed by atoms with van der Waals surface area (Å²) in [5.41, 5.74) is 0. The highest BCUT2D eigenvalue weighted by Crippen LogP contribution is 2.07. The number of urea groups is 1. The number of carbonyl (C=O) groups excluding carboxylic acids is 1. The quantitative estimate of drug-likeness (QED) is 0.772. The van der Waals surface area contributed by atoms with Crippen LogP contribution in [0.5, 0.6) is 0 Å². The van der Waals surface area contributed by atoms with Crippen molar-refractivity contribution in [2.75, 3.05) is 20.3 Å². The average Bonchev–Trinajstić information content (AvgIpc) is 2.69. The molecule has 0 radical (unpaired) electrons. The third-order valence-electron chi connectivity index (χ3n) is 2.95. The molecule has 4 nitrogen and oxygen atoms in total. The highest BCUT2D eigenvalue weighted by molar-refractivity contribution is 5.74. The second-order valence-corrected chi connectivity index (χ2v) is 4.26. The Hall–Kier alpha value is -0.770. The number of amides is 2. The molecule has 0 saturated carbocycles. The molecular weight excluding hydrogens is 192 g/mol. The van der Waals surface area contributed by atoms with Gasteiger partial charge in [-0.15, -0.1) is 0 Å². The second-order valence-electron chi connectivity index (χ2n) is 4.26. The van der Waals surface area contributed by atoms with E-state index < -0.39 is 0 Å². The van der Waals surface area contributed by atoms with Gasteiger partial charge in [-0.1, -0.05) is 13.3 Å². The average molecular weight is 214 g/mol. The Balaban J connectivity index is 2.31. The molecule has 2 unspecified atom stereocenters. The lowest BCUT2D eigenvalue weighted by Gasteiger charge is -2.26. The Kier molecular flexibility index (Phi) is 4.88. The Labute approximate surface area is 92.0 Å². The first-order valence-corrected chi connectivity index (χ1v) is 5.76. The minimum absolute atomic E-state index is 0.0199. The van der Waals surface area contributed by atoms with Crippen molar-refractivity contribution >= 4 is 6.03 Å². The predicted octanol–water partition coefficient (Wildman–Crippen LogP) is 1.61. The van der Waals surface area contributed by atoms with E-state index in [0.717, 1.165) is 25.9 Å². The zero-order valence-corrected chi connectivity index (χ0v) is 9.95. The van der Waals surface area contributed by atoms with Crippen LogP contribution in [0, 0.1) is 0 Å². The number of hydrogen-bond acceptors (Lipinski definition) is 2. The number of rotatable bonds is 4. The molecule has 88 valence electrons. The lowest BCUT2D eigenvalue weighted by atomic mass is 10.2. The summed E-state index contributed by atoms with van der Waals surface area (Å²) in [4.78, 5) is 13.6. The van der Waals surface area contributed by atoms with Crippen molar-refractivity contribution in [1.82, 2.24) is 10.2 Å². The van der Waals surface area contributed by atoms with Gasteiger partial charge in [0.1, 0.15) is 0 Å². The Bertz CT molecular complexity index is 203. The molecule has 1 aliphatic heterocycles. The minimum Gasteiger partial charge on any atom is -0.379 e. The normalized spacial score (nSPS) is 22.5.